The lowest BCUT2D eigenvalue weighted by Gasteiger charge is -2.30. The van der Waals surface area contributed by atoms with Gasteiger partial charge in [-0.15, -0.1) is 0 Å². The molecule has 0 saturated carbocycles. The van der Waals surface area contributed by atoms with E-state index in [2.05, 4.69) is 24.4 Å². The van der Waals surface area contributed by atoms with Crippen LogP contribution in [0.15, 0.2) is 42.5 Å². The Bertz CT molecular complexity index is 825. The molecule has 5 heteroatoms. The lowest BCUT2D eigenvalue weighted by Crippen LogP contribution is -2.35. The topological polar surface area (TPSA) is 32.3 Å². The van der Waals surface area contributed by atoms with E-state index in [9.17, 15) is 9.18 Å². The Morgan fingerprint density at radius 3 is 2.84 bits per heavy atom. The zero-order valence-electron chi connectivity index (χ0n) is 14.0. The quantitative estimate of drug-likeness (QED) is 0.885. The van der Waals surface area contributed by atoms with Crippen molar-refractivity contribution in [2.75, 3.05) is 19.6 Å². The largest absolute Gasteiger partial charge is 0.331 e. The molecular formula is C20H20ClFN2O. The molecule has 0 radical (unpaired) electrons. The minimum absolute atomic E-state index is 0.00645. The van der Waals surface area contributed by atoms with Crippen LogP contribution in [0.1, 0.15) is 27.5 Å². The summed E-state index contributed by atoms with van der Waals surface area (Å²) in [6.45, 7) is 4.54. The van der Waals surface area contributed by atoms with Crippen molar-refractivity contribution in [3.63, 3.8) is 0 Å². The second-order valence-electron chi connectivity index (χ2n) is 6.97. The summed E-state index contributed by atoms with van der Waals surface area (Å²) in [7, 11) is 0. The maximum Gasteiger partial charge on any atom is 0.256 e. The zero-order valence-corrected chi connectivity index (χ0v) is 14.8. The van der Waals surface area contributed by atoms with Gasteiger partial charge in [-0.2, -0.15) is 0 Å². The number of likely N-dealkylation sites (tertiary alicyclic amines) is 1. The zero-order chi connectivity index (χ0) is 17.6. The van der Waals surface area contributed by atoms with Gasteiger partial charge in [0.2, 0.25) is 0 Å². The van der Waals surface area contributed by atoms with E-state index in [1.807, 2.05) is 17.0 Å². The third kappa shape index (κ3) is 2.83. The highest BCUT2D eigenvalue weighted by Crippen LogP contribution is 2.44. The van der Waals surface area contributed by atoms with Crippen molar-refractivity contribution in [2.24, 2.45) is 11.8 Å². The Kier molecular flexibility index (Phi) is 4.26. The van der Waals surface area contributed by atoms with Gasteiger partial charge in [0.15, 0.2) is 0 Å². The summed E-state index contributed by atoms with van der Waals surface area (Å²) in [5.74, 6) is 0.159. The molecule has 1 N–H and O–H groups in total. The van der Waals surface area contributed by atoms with Crippen molar-refractivity contribution in [2.45, 2.75) is 13.0 Å². The van der Waals surface area contributed by atoms with Crippen molar-refractivity contribution in [3.05, 3.63) is 70.0 Å². The smallest absolute Gasteiger partial charge is 0.256 e. The van der Waals surface area contributed by atoms with E-state index >= 15 is 0 Å². The van der Waals surface area contributed by atoms with Gasteiger partial charge in [-0.3, -0.25) is 4.79 Å². The Morgan fingerprint density at radius 2 is 2.04 bits per heavy atom. The molecule has 0 aromatic heterocycles. The highest BCUT2D eigenvalue weighted by Gasteiger charge is 2.47. The molecule has 0 bridgehead atoms. The summed E-state index contributed by atoms with van der Waals surface area (Å²) in [6, 6.07) is 12.1. The summed E-state index contributed by atoms with van der Waals surface area (Å²) >= 11 is 6.19. The van der Waals surface area contributed by atoms with Gasteiger partial charge in [-0.25, -0.2) is 4.39 Å². The van der Waals surface area contributed by atoms with Crippen LogP contribution in [0.4, 0.5) is 4.39 Å². The number of halogens is 2. The van der Waals surface area contributed by atoms with Crippen LogP contribution in [0.5, 0.6) is 0 Å². The normalized spacial score (nSPS) is 25.2. The first kappa shape index (κ1) is 16.6. The van der Waals surface area contributed by atoms with Gasteiger partial charge in [0.05, 0.1) is 16.6 Å². The Labute approximate surface area is 151 Å². The van der Waals surface area contributed by atoms with Crippen LogP contribution in [0.3, 0.4) is 0 Å². The number of nitrogens with one attached hydrogen (secondary N) is 1. The van der Waals surface area contributed by atoms with Gasteiger partial charge in [0.25, 0.3) is 5.91 Å². The van der Waals surface area contributed by atoms with Gasteiger partial charge in [0.1, 0.15) is 5.82 Å². The Morgan fingerprint density at radius 1 is 1.24 bits per heavy atom. The lowest BCUT2D eigenvalue weighted by atomic mass is 9.87. The number of carbonyl (C=O) groups is 1. The summed E-state index contributed by atoms with van der Waals surface area (Å²) in [6.07, 6.45) is 0. The van der Waals surface area contributed by atoms with Crippen molar-refractivity contribution in [1.29, 1.82) is 0 Å². The second kappa shape index (κ2) is 6.43. The molecule has 2 aliphatic heterocycles. The number of nitrogens with zero attached hydrogens (tertiary/aromatic N) is 1. The van der Waals surface area contributed by atoms with Gasteiger partial charge >= 0.3 is 0 Å². The molecule has 3 atom stereocenters. The van der Waals surface area contributed by atoms with Crippen LogP contribution in [-0.2, 0) is 0 Å². The van der Waals surface area contributed by atoms with Crippen LogP contribution in [-0.4, -0.2) is 30.4 Å². The number of aryl methyl sites for hydroxylation is 1. The second-order valence-corrected chi connectivity index (χ2v) is 7.37. The molecular weight excluding hydrogens is 339 g/mol. The van der Waals surface area contributed by atoms with Gasteiger partial charge in [-0.1, -0.05) is 35.9 Å². The molecule has 2 aromatic carbocycles. The highest BCUT2D eigenvalue weighted by atomic mass is 35.5. The molecule has 0 spiro atoms. The van der Waals surface area contributed by atoms with Gasteiger partial charge in [-0.05, 0) is 42.2 Å². The van der Waals surface area contributed by atoms with Crippen molar-refractivity contribution >= 4 is 17.5 Å². The van der Waals surface area contributed by atoms with E-state index in [0.717, 1.165) is 13.1 Å². The molecule has 2 heterocycles. The fourth-order valence-electron chi connectivity index (χ4n) is 4.26. The van der Waals surface area contributed by atoms with Crippen LogP contribution in [0.2, 0.25) is 5.02 Å². The number of amides is 1. The molecule has 0 unspecified atom stereocenters. The molecule has 0 aliphatic carbocycles. The third-order valence-corrected chi connectivity index (χ3v) is 5.82. The molecule has 1 amide bonds. The number of carbonyl (C=O) groups excluding carboxylic acids is 1. The van der Waals surface area contributed by atoms with Crippen LogP contribution < -0.4 is 5.32 Å². The van der Waals surface area contributed by atoms with Crippen LogP contribution in [0, 0.1) is 24.6 Å². The molecule has 2 aliphatic rings. The average Bonchev–Trinajstić information content (AvgIpc) is 3.18. The fraction of sp³-hybridized carbons (Fsp3) is 0.350. The predicted molar refractivity (Wildman–Crippen MR) is 96.2 cm³/mol. The maximum atomic E-state index is 13.7. The minimum atomic E-state index is -0.443. The maximum absolute atomic E-state index is 13.7. The van der Waals surface area contributed by atoms with E-state index < -0.39 is 5.82 Å². The standard InChI is InChI=1S/C20H20ClFN2O/c1-12-4-2-3-5-15(12)19-17-10-23-9-13(17)11-24(19)20(25)16-8-14(22)6-7-18(16)21/h2-8,13,17,19,23H,9-11H2,1H3/t13-,17-,19-/m0/s1. The number of hydrogen-bond acceptors (Lipinski definition) is 2. The SMILES string of the molecule is Cc1ccccc1[C@H]1[C@H]2CNC[C@H]2CN1C(=O)c1cc(F)ccc1Cl. The van der Waals surface area contributed by atoms with Gasteiger partial charge < -0.3 is 10.2 Å². The Hall–Kier alpha value is -1.91. The lowest BCUT2D eigenvalue weighted by molar-refractivity contribution is 0.0713. The average molecular weight is 359 g/mol. The monoisotopic (exact) mass is 358 g/mol. The number of fused-ring (bicyclic) bond motifs is 1. The highest BCUT2D eigenvalue weighted by molar-refractivity contribution is 6.33. The number of benzene rings is 2. The first-order valence-corrected chi connectivity index (χ1v) is 8.96. The number of hydrogen-bond donors (Lipinski definition) is 1. The summed E-state index contributed by atoms with van der Waals surface area (Å²) < 4.78 is 13.7. The van der Waals surface area contributed by atoms with Crippen LogP contribution >= 0.6 is 11.6 Å². The predicted octanol–water partition coefficient (Wildman–Crippen LogP) is 3.82. The first-order valence-electron chi connectivity index (χ1n) is 8.58. The molecule has 4 rings (SSSR count). The molecule has 3 nitrogen and oxygen atoms in total. The molecule has 2 fully saturated rings. The van der Waals surface area contributed by atoms with E-state index in [4.69, 9.17) is 11.6 Å². The van der Waals surface area contributed by atoms with E-state index in [1.54, 1.807) is 0 Å². The summed E-state index contributed by atoms with van der Waals surface area (Å²) in [5, 5.41) is 3.74. The first-order chi connectivity index (χ1) is 12.1. The number of rotatable bonds is 2. The molecule has 25 heavy (non-hydrogen) atoms. The summed E-state index contributed by atoms with van der Waals surface area (Å²) in [4.78, 5) is 15.1. The molecule has 2 aromatic rings. The third-order valence-electron chi connectivity index (χ3n) is 5.49. The Balaban J connectivity index is 1.76. The van der Waals surface area contributed by atoms with E-state index in [0.29, 0.717) is 23.4 Å². The van der Waals surface area contributed by atoms with E-state index in [1.165, 1.54) is 29.3 Å². The molecule has 130 valence electrons. The van der Waals surface area contributed by atoms with E-state index in [-0.39, 0.29) is 17.5 Å². The van der Waals surface area contributed by atoms with Crippen molar-refractivity contribution in [1.82, 2.24) is 10.2 Å². The summed E-state index contributed by atoms with van der Waals surface area (Å²) in [5.41, 5.74) is 2.58. The van der Waals surface area contributed by atoms with Crippen LogP contribution in [0.25, 0.3) is 0 Å². The van der Waals surface area contributed by atoms with Gasteiger partial charge in [0, 0.05) is 25.6 Å². The van der Waals surface area contributed by atoms with Crippen molar-refractivity contribution < 1.29 is 9.18 Å². The van der Waals surface area contributed by atoms with Crippen molar-refractivity contribution in [3.8, 4) is 0 Å². The molecule has 2 saturated heterocycles. The fourth-order valence-corrected chi connectivity index (χ4v) is 4.46. The minimum Gasteiger partial charge on any atom is -0.331 e.